The molecule has 1 heterocycles. The van der Waals surface area contributed by atoms with Crippen LogP contribution in [0.5, 0.6) is 5.75 Å². The number of amides is 1. The smallest absolute Gasteiger partial charge is 0.266 e. The quantitative estimate of drug-likeness (QED) is 0.260. The highest BCUT2D eigenvalue weighted by molar-refractivity contribution is 8.18. The van der Waals surface area contributed by atoms with Crippen molar-refractivity contribution >= 4 is 45.4 Å². The van der Waals surface area contributed by atoms with E-state index in [2.05, 4.69) is 18.2 Å². The van der Waals surface area contributed by atoms with Crippen LogP contribution in [0.1, 0.15) is 29.2 Å². The van der Waals surface area contributed by atoms with Crippen LogP contribution in [0.4, 0.5) is 5.69 Å². The van der Waals surface area contributed by atoms with Gasteiger partial charge in [0, 0.05) is 12.1 Å². The monoisotopic (exact) mass is 492 g/mol. The first kappa shape index (κ1) is 23.9. The molecule has 0 radical (unpaired) electrons. The maximum Gasteiger partial charge on any atom is 0.266 e. The summed E-state index contributed by atoms with van der Waals surface area (Å²) in [5.74, 6) is 0.719. The second-order valence-electron chi connectivity index (χ2n) is 8.77. The summed E-state index contributed by atoms with van der Waals surface area (Å²) >= 11 is 1.42. The number of benzene rings is 4. The van der Waals surface area contributed by atoms with Crippen LogP contribution in [0.2, 0.25) is 0 Å². The van der Waals surface area contributed by atoms with Crippen molar-refractivity contribution in [1.82, 2.24) is 4.90 Å². The van der Waals surface area contributed by atoms with Gasteiger partial charge in [-0.1, -0.05) is 78.9 Å². The van der Waals surface area contributed by atoms with Crippen molar-refractivity contribution < 1.29 is 9.53 Å². The standard InChI is InChI=1S/C31H28N2O2S/c1-4-33-30(34)28(36-31(33)32-29-21(2)11-10-12-22(29)3)19-26-25-16-9-8-15-24(25)17-18-27(26)35-20-23-13-6-5-7-14-23/h5-19H,4,20H2,1-3H3/b28-19+,32-31?. The number of nitrogens with zero attached hydrogens (tertiary/aromatic N) is 2. The molecule has 0 unspecified atom stereocenters. The summed E-state index contributed by atoms with van der Waals surface area (Å²) in [6.45, 7) is 7.09. The van der Waals surface area contributed by atoms with Crippen molar-refractivity contribution in [1.29, 1.82) is 0 Å². The number of hydrogen-bond donors (Lipinski definition) is 0. The Kier molecular flexibility index (Phi) is 6.92. The van der Waals surface area contributed by atoms with E-state index in [-0.39, 0.29) is 5.91 Å². The molecule has 0 spiro atoms. The van der Waals surface area contributed by atoms with E-state index in [1.54, 1.807) is 4.90 Å². The van der Waals surface area contributed by atoms with E-state index in [1.807, 2.05) is 93.6 Å². The Hall–Kier alpha value is -3.83. The second-order valence-corrected chi connectivity index (χ2v) is 9.78. The van der Waals surface area contributed by atoms with Crippen LogP contribution in [0.15, 0.2) is 94.8 Å². The normalized spacial score (nSPS) is 15.9. The molecule has 4 nitrogen and oxygen atoms in total. The van der Waals surface area contributed by atoms with E-state index in [4.69, 9.17) is 9.73 Å². The average molecular weight is 493 g/mol. The Bertz CT molecular complexity index is 1470. The van der Waals surface area contributed by atoms with Gasteiger partial charge in [0.15, 0.2) is 5.17 Å². The van der Waals surface area contributed by atoms with Crippen LogP contribution >= 0.6 is 11.8 Å². The zero-order valence-corrected chi connectivity index (χ0v) is 21.5. The first-order valence-electron chi connectivity index (χ1n) is 12.1. The molecule has 1 amide bonds. The van der Waals surface area contributed by atoms with Gasteiger partial charge >= 0.3 is 0 Å². The summed E-state index contributed by atoms with van der Waals surface area (Å²) in [6, 6.07) is 28.5. The zero-order valence-electron chi connectivity index (χ0n) is 20.7. The van der Waals surface area contributed by atoms with Gasteiger partial charge in [-0.15, -0.1) is 0 Å². The lowest BCUT2D eigenvalue weighted by atomic mass is 10.0. The number of amidine groups is 1. The predicted molar refractivity (Wildman–Crippen MR) is 151 cm³/mol. The van der Waals surface area contributed by atoms with E-state index in [1.165, 1.54) is 11.8 Å². The number of aliphatic imine (C=N–C) groups is 1. The number of hydrogen-bond acceptors (Lipinski definition) is 4. The lowest BCUT2D eigenvalue weighted by Crippen LogP contribution is -2.28. The molecule has 0 aromatic heterocycles. The molecule has 0 bridgehead atoms. The maximum atomic E-state index is 13.5. The van der Waals surface area contributed by atoms with Gasteiger partial charge in [-0.05, 0) is 72.1 Å². The molecular formula is C31H28N2O2S. The van der Waals surface area contributed by atoms with E-state index in [0.29, 0.717) is 23.2 Å². The summed E-state index contributed by atoms with van der Waals surface area (Å²) in [4.78, 5) is 20.8. The fourth-order valence-corrected chi connectivity index (χ4v) is 5.39. The molecule has 4 aromatic carbocycles. The fraction of sp³-hybridized carbons (Fsp3) is 0.161. The number of fused-ring (bicyclic) bond motifs is 1. The Morgan fingerprint density at radius 3 is 2.36 bits per heavy atom. The third-order valence-electron chi connectivity index (χ3n) is 6.29. The number of carbonyl (C=O) groups is 1. The number of likely N-dealkylation sites (N-methyl/N-ethyl adjacent to an activating group) is 1. The highest BCUT2D eigenvalue weighted by Crippen LogP contribution is 2.38. The number of para-hydroxylation sites is 1. The van der Waals surface area contributed by atoms with E-state index in [9.17, 15) is 4.79 Å². The first-order valence-corrected chi connectivity index (χ1v) is 12.9. The van der Waals surface area contributed by atoms with Crippen molar-refractivity contribution in [3.63, 3.8) is 0 Å². The molecule has 5 rings (SSSR count). The average Bonchev–Trinajstić information content (AvgIpc) is 3.20. The second kappa shape index (κ2) is 10.4. The number of thioether (sulfide) groups is 1. The Morgan fingerprint density at radius 1 is 0.889 bits per heavy atom. The minimum absolute atomic E-state index is 0.0329. The molecule has 5 heteroatoms. The predicted octanol–water partition coefficient (Wildman–Crippen LogP) is 7.66. The molecule has 1 aliphatic heterocycles. The summed E-state index contributed by atoms with van der Waals surface area (Å²) in [7, 11) is 0. The van der Waals surface area contributed by atoms with Crippen LogP contribution in [0.25, 0.3) is 16.8 Å². The van der Waals surface area contributed by atoms with Gasteiger partial charge in [-0.25, -0.2) is 4.99 Å². The molecule has 180 valence electrons. The van der Waals surface area contributed by atoms with Gasteiger partial charge in [0.05, 0.1) is 10.6 Å². The van der Waals surface area contributed by atoms with E-state index in [0.717, 1.165) is 44.5 Å². The van der Waals surface area contributed by atoms with Crippen LogP contribution in [0.3, 0.4) is 0 Å². The van der Waals surface area contributed by atoms with Crippen LogP contribution in [-0.2, 0) is 11.4 Å². The van der Waals surface area contributed by atoms with Gasteiger partial charge in [0.2, 0.25) is 0 Å². The van der Waals surface area contributed by atoms with Crippen LogP contribution in [-0.4, -0.2) is 22.5 Å². The van der Waals surface area contributed by atoms with E-state index >= 15 is 0 Å². The third kappa shape index (κ3) is 4.79. The molecule has 0 N–H and O–H groups in total. The minimum atomic E-state index is -0.0329. The van der Waals surface area contributed by atoms with Gasteiger partial charge in [-0.3, -0.25) is 9.69 Å². The number of rotatable bonds is 6. The molecule has 0 atom stereocenters. The SMILES string of the molecule is CCN1C(=O)/C(=C\c2c(OCc3ccccc3)ccc3ccccc23)SC1=Nc1c(C)cccc1C. The topological polar surface area (TPSA) is 41.9 Å². The van der Waals surface area contributed by atoms with Crippen molar-refractivity contribution in [3.8, 4) is 5.75 Å². The summed E-state index contributed by atoms with van der Waals surface area (Å²) in [5, 5.41) is 2.86. The van der Waals surface area contributed by atoms with E-state index < -0.39 is 0 Å². The Balaban J connectivity index is 1.56. The van der Waals surface area contributed by atoms with Gasteiger partial charge in [0.1, 0.15) is 12.4 Å². The Labute approximate surface area is 216 Å². The summed E-state index contributed by atoms with van der Waals surface area (Å²) < 4.78 is 6.27. The van der Waals surface area contributed by atoms with Crippen LogP contribution < -0.4 is 4.74 Å². The van der Waals surface area contributed by atoms with Gasteiger partial charge in [0.25, 0.3) is 5.91 Å². The zero-order chi connectivity index (χ0) is 25.1. The van der Waals surface area contributed by atoms with Crippen molar-refractivity contribution in [2.75, 3.05) is 6.54 Å². The van der Waals surface area contributed by atoms with Crippen LogP contribution in [0, 0.1) is 13.8 Å². The molecule has 1 saturated heterocycles. The maximum absolute atomic E-state index is 13.5. The summed E-state index contributed by atoms with van der Waals surface area (Å²) in [5.41, 5.74) is 5.11. The highest BCUT2D eigenvalue weighted by atomic mass is 32.2. The van der Waals surface area contributed by atoms with Gasteiger partial charge in [-0.2, -0.15) is 0 Å². The summed E-state index contributed by atoms with van der Waals surface area (Å²) in [6.07, 6.45) is 1.96. The largest absolute Gasteiger partial charge is 0.488 e. The number of aryl methyl sites for hydroxylation is 2. The van der Waals surface area contributed by atoms with Crippen molar-refractivity contribution in [3.05, 3.63) is 112 Å². The number of ether oxygens (including phenoxy) is 1. The molecule has 0 saturated carbocycles. The number of carbonyl (C=O) groups excluding carboxylic acids is 1. The molecular weight excluding hydrogens is 464 g/mol. The molecule has 0 aliphatic carbocycles. The molecule has 36 heavy (non-hydrogen) atoms. The fourth-order valence-electron chi connectivity index (χ4n) is 4.36. The lowest BCUT2D eigenvalue weighted by molar-refractivity contribution is -0.122. The van der Waals surface area contributed by atoms with Gasteiger partial charge < -0.3 is 4.74 Å². The lowest BCUT2D eigenvalue weighted by Gasteiger charge is -2.14. The van der Waals surface area contributed by atoms with Crippen molar-refractivity contribution in [2.45, 2.75) is 27.4 Å². The molecule has 4 aromatic rings. The van der Waals surface area contributed by atoms with Crippen molar-refractivity contribution in [2.24, 2.45) is 4.99 Å². The third-order valence-corrected chi connectivity index (χ3v) is 7.30. The minimum Gasteiger partial charge on any atom is -0.488 e. The molecule has 1 fully saturated rings. The Morgan fingerprint density at radius 2 is 1.61 bits per heavy atom. The highest BCUT2D eigenvalue weighted by Gasteiger charge is 2.33. The molecule has 1 aliphatic rings. The first-order chi connectivity index (χ1) is 17.5.